The number of para-hydroxylation sites is 1. The van der Waals surface area contributed by atoms with Gasteiger partial charge in [-0.2, -0.15) is 0 Å². The maximum Gasteiger partial charge on any atom is 0.257 e. The average Bonchev–Trinajstić information content (AvgIpc) is 3.37. The van der Waals surface area contributed by atoms with Gasteiger partial charge in [0.25, 0.3) is 5.91 Å². The van der Waals surface area contributed by atoms with Gasteiger partial charge in [-0.05, 0) is 84.5 Å². The fourth-order valence-electron chi connectivity index (χ4n) is 3.70. The molecular weight excluding hydrogens is 538 g/mol. The number of methoxy groups -OCH3 is 1. The largest absolute Gasteiger partial charge is 0.493 e. The summed E-state index contributed by atoms with van der Waals surface area (Å²) in [6.07, 6.45) is 0. The number of rotatable bonds is 7. The normalized spacial score (nSPS) is 10.7. The van der Waals surface area contributed by atoms with E-state index < -0.39 is 0 Å². The van der Waals surface area contributed by atoms with Gasteiger partial charge in [0.2, 0.25) is 0 Å². The molecule has 4 aromatic carbocycles. The molecule has 0 saturated heterocycles. The van der Waals surface area contributed by atoms with Crippen molar-refractivity contribution < 1.29 is 14.3 Å². The highest BCUT2D eigenvalue weighted by molar-refractivity contribution is 7.80. The molecule has 0 aliphatic rings. The lowest BCUT2D eigenvalue weighted by Crippen LogP contribution is -2.34. The van der Waals surface area contributed by atoms with E-state index in [1.165, 1.54) is 7.11 Å². The first-order chi connectivity index (χ1) is 18.5. The fraction of sp³-hybridized carbons (Fsp3) is 0.0690. The lowest BCUT2D eigenvalue weighted by molar-refractivity contribution is 0.0977. The first-order valence-electron chi connectivity index (χ1n) is 11.6. The molecule has 0 atom stereocenters. The molecule has 6 nitrogen and oxygen atoms in total. The second kappa shape index (κ2) is 11.6. The van der Waals surface area contributed by atoms with E-state index >= 15 is 0 Å². The molecule has 0 saturated carbocycles. The van der Waals surface area contributed by atoms with E-state index in [1.54, 1.807) is 41.7 Å². The number of nitrogens with one attached hydrogen (secondary N) is 2. The van der Waals surface area contributed by atoms with E-state index in [1.807, 2.05) is 54.6 Å². The molecule has 0 unspecified atom stereocenters. The number of ether oxygens (including phenoxy) is 2. The van der Waals surface area contributed by atoms with Gasteiger partial charge >= 0.3 is 0 Å². The van der Waals surface area contributed by atoms with Gasteiger partial charge in [0.15, 0.2) is 16.6 Å². The summed E-state index contributed by atoms with van der Waals surface area (Å²) in [4.78, 5) is 17.5. The third kappa shape index (κ3) is 6.11. The van der Waals surface area contributed by atoms with Crippen LogP contribution in [0.25, 0.3) is 20.8 Å². The first-order valence-corrected chi connectivity index (χ1v) is 13.2. The molecule has 0 aliphatic heterocycles. The maximum atomic E-state index is 12.8. The second-order valence-electron chi connectivity index (χ2n) is 8.25. The number of aromatic nitrogens is 1. The van der Waals surface area contributed by atoms with Gasteiger partial charge in [-0.15, -0.1) is 11.3 Å². The predicted octanol–water partition coefficient (Wildman–Crippen LogP) is 7.33. The Morgan fingerprint density at radius 3 is 2.47 bits per heavy atom. The van der Waals surface area contributed by atoms with Crippen LogP contribution in [0.5, 0.6) is 11.5 Å². The smallest absolute Gasteiger partial charge is 0.257 e. The van der Waals surface area contributed by atoms with Crippen molar-refractivity contribution in [1.82, 2.24) is 10.3 Å². The van der Waals surface area contributed by atoms with Crippen LogP contribution in [0.1, 0.15) is 15.9 Å². The summed E-state index contributed by atoms with van der Waals surface area (Å²) >= 11 is 12.9. The van der Waals surface area contributed by atoms with E-state index in [-0.39, 0.29) is 11.0 Å². The lowest BCUT2D eigenvalue weighted by Gasteiger charge is -2.13. The SMILES string of the molecule is COc1cc(C(=O)NC(=S)Nc2ccc(-c3nc4ccccc4s3)cc2)ccc1OCc1ccc(Cl)cc1. The molecule has 38 heavy (non-hydrogen) atoms. The zero-order valence-electron chi connectivity index (χ0n) is 20.2. The minimum atomic E-state index is -0.365. The Morgan fingerprint density at radius 1 is 0.974 bits per heavy atom. The van der Waals surface area contributed by atoms with Gasteiger partial charge in [0, 0.05) is 21.8 Å². The minimum Gasteiger partial charge on any atom is -0.493 e. The maximum absolute atomic E-state index is 12.8. The Morgan fingerprint density at radius 2 is 1.74 bits per heavy atom. The van der Waals surface area contributed by atoms with Crippen LogP contribution in [0.15, 0.2) is 91.0 Å². The van der Waals surface area contributed by atoms with Crippen LogP contribution in [0.4, 0.5) is 5.69 Å². The molecular formula is C29H22ClN3O3S2. The number of benzene rings is 4. The van der Waals surface area contributed by atoms with Crippen molar-refractivity contribution >= 4 is 62.1 Å². The molecule has 1 aromatic heterocycles. The predicted molar refractivity (Wildman–Crippen MR) is 158 cm³/mol. The highest BCUT2D eigenvalue weighted by atomic mass is 35.5. The molecule has 0 aliphatic carbocycles. The van der Waals surface area contributed by atoms with Crippen LogP contribution in [-0.4, -0.2) is 23.1 Å². The van der Waals surface area contributed by atoms with E-state index in [0.29, 0.717) is 28.7 Å². The van der Waals surface area contributed by atoms with Crippen molar-refractivity contribution in [2.75, 3.05) is 12.4 Å². The van der Waals surface area contributed by atoms with Crippen LogP contribution < -0.4 is 20.1 Å². The minimum absolute atomic E-state index is 0.185. The molecule has 5 rings (SSSR count). The zero-order valence-corrected chi connectivity index (χ0v) is 22.6. The number of hydrogen-bond donors (Lipinski definition) is 2. The highest BCUT2D eigenvalue weighted by Gasteiger charge is 2.13. The molecule has 0 bridgehead atoms. The number of carbonyl (C=O) groups excluding carboxylic acids is 1. The van der Waals surface area contributed by atoms with Gasteiger partial charge in [-0.1, -0.05) is 35.9 Å². The highest BCUT2D eigenvalue weighted by Crippen LogP contribution is 2.31. The van der Waals surface area contributed by atoms with Crippen molar-refractivity contribution in [3.05, 3.63) is 107 Å². The van der Waals surface area contributed by atoms with Crippen LogP contribution >= 0.6 is 35.2 Å². The number of carbonyl (C=O) groups is 1. The summed E-state index contributed by atoms with van der Waals surface area (Å²) < 4.78 is 12.4. The zero-order chi connectivity index (χ0) is 26.5. The number of hydrogen-bond acceptors (Lipinski definition) is 6. The summed E-state index contributed by atoms with van der Waals surface area (Å²) in [6, 6.07) is 28.1. The van der Waals surface area contributed by atoms with E-state index in [0.717, 1.165) is 32.0 Å². The Kier molecular flexibility index (Phi) is 7.83. The van der Waals surface area contributed by atoms with Crippen LogP contribution in [0.2, 0.25) is 5.02 Å². The van der Waals surface area contributed by atoms with Crippen molar-refractivity contribution in [1.29, 1.82) is 0 Å². The fourth-order valence-corrected chi connectivity index (χ4v) is 5.01. The molecule has 9 heteroatoms. The Balaban J connectivity index is 1.19. The Hall–Kier alpha value is -3.98. The number of halogens is 1. The van der Waals surface area contributed by atoms with E-state index in [9.17, 15) is 4.79 Å². The average molecular weight is 560 g/mol. The molecule has 1 amide bonds. The molecule has 0 radical (unpaired) electrons. The van der Waals surface area contributed by atoms with E-state index in [4.69, 9.17) is 33.3 Å². The molecule has 0 spiro atoms. The molecule has 2 N–H and O–H groups in total. The third-order valence-corrected chi connectivity index (χ3v) is 7.19. The topological polar surface area (TPSA) is 72.5 Å². The summed E-state index contributed by atoms with van der Waals surface area (Å²) in [7, 11) is 1.52. The quantitative estimate of drug-likeness (QED) is 0.203. The Bertz CT molecular complexity index is 1570. The number of nitrogens with zero attached hydrogens (tertiary/aromatic N) is 1. The monoisotopic (exact) mass is 559 g/mol. The number of thiazole rings is 1. The van der Waals surface area contributed by atoms with Crippen molar-refractivity contribution in [3.8, 4) is 22.1 Å². The molecule has 5 aromatic rings. The summed E-state index contributed by atoms with van der Waals surface area (Å²) in [5.74, 6) is 0.597. The second-order valence-corrected chi connectivity index (χ2v) is 10.1. The van der Waals surface area contributed by atoms with Gasteiger partial charge in [0.1, 0.15) is 11.6 Å². The van der Waals surface area contributed by atoms with Gasteiger partial charge in [0.05, 0.1) is 17.3 Å². The van der Waals surface area contributed by atoms with E-state index in [2.05, 4.69) is 21.7 Å². The van der Waals surface area contributed by atoms with Crippen molar-refractivity contribution in [3.63, 3.8) is 0 Å². The number of thiocarbonyl (C=S) groups is 1. The van der Waals surface area contributed by atoms with Crippen molar-refractivity contribution in [2.24, 2.45) is 0 Å². The first kappa shape index (κ1) is 25.7. The van der Waals surface area contributed by atoms with Gasteiger partial charge < -0.3 is 14.8 Å². The molecule has 1 heterocycles. The van der Waals surface area contributed by atoms with Crippen LogP contribution in [0, 0.1) is 0 Å². The van der Waals surface area contributed by atoms with Gasteiger partial charge in [-0.3, -0.25) is 10.1 Å². The van der Waals surface area contributed by atoms with Gasteiger partial charge in [-0.25, -0.2) is 4.98 Å². The summed E-state index contributed by atoms with van der Waals surface area (Å²) in [6.45, 7) is 0.338. The van der Waals surface area contributed by atoms with Crippen LogP contribution in [-0.2, 0) is 6.61 Å². The third-order valence-electron chi connectivity index (χ3n) is 5.64. The summed E-state index contributed by atoms with van der Waals surface area (Å²) in [5, 5.41) is 7.55. The number of fused-ring (bicyclic) bond motifs is 1. The number of amides is 1. The van der Waals surface area contributed by atoms with Crippen LogP contribution in [0.3, 0.4) is 0 Å². The standard InChI is InChI=1S/C29H22ClN3O3S2/c1-35-25-16-20(10-15-24(25)36-17-18-6-11-21(30)12-7-18)27(34)33-29(37)31-22-13-8-19(9-14-22)28-32-23-4-2-3-5-26(23)38-28/h2-16H,17H2,1H3,(H2,31,33,34,37). The Labute approximate surface area is 234 Å². The molecule has 190 valence electrons. The number of anilines is 1. The molecule has 0 fully saturated rings. The lowest BCUT2D eigenvalue weighted by atomic mass is 10.2. The summed E-state index contributed by atoms with van der Waals surface area (Å²) in [5.41, 5.74) is 4.09. The van der Waals surface area contributed by atoms with Crippen molar-refractivity contribution in [2.45, 2.75) is 6.61 Å².